The number of unbranched alkanes of at least 4 members (excludes halogenated alkanes) is 1. The lowest BCUT2D eigenvalue weighted by Gasteiger charge is -2.26. The quantitative estimate of drug-likeness (QED) is 0.0780. The maximum atomic E-state index is 13.0. The summed E-state index contributed by atoms with van der Waals surface area (Å²) < 4.78 is 10.6. The van der Waals surface area contributed by atoms with Gasteiger partial charge in [0, 0.05) is 6.21 Å². The van der Waals surface area contributed by atoms with E-state index in [4.69, 9.17) is 9.47 Å². The molecule has 1 heterocycles. The first-order valence-corrected chi connectivity index (χ1v) is 12.9. The predicted octanol–water partition coefficient (Wildman–Crippen LogP) is 6.13. The van der Waals surface area contributed by atoms with Gasteiger partial charge in [0.25, 0.3) is 0 Å². The van der Waals surface area contributed by atoms with E-state index in [0.29, 0.717) is 6.04 Å². The summed E-state index contributed by atoms with van der Waals surface area (Å²) in [6, 6.07) is 20.5. The average Bonchev–Trinajstić information content (AvgIpc) is 3.70. The number of hydrogen-bond acceptors (Lipinski definition) is 6. The van der Waals surface area contributed by atoms with Crippen LogP contribution in [0.4, 0.5) is 0 Å². The van der Waals surface area contributed by atoms with Crippen LogP contribution in [0, 0.1) is 5.41 Å². The van der Waals surface area contributed by atoms with Gasteiger partial charge in [-0.1, -0.05) is 72.8 Å². The number of ether oxygens (including phenoxy) is 2. The van der Waals surface area contributed by atoms with Gasteiger partial charge in [0.05, 0.1) is 25.8 Å². The van der Waals surface area contributed by atoms with E-state index in [2.05, 4.69) is 28.0 Å². The standard InChI is InChI=1S/C31H36N2O4/c1-3-36-29(34)31(30(35)37-4-2,23-16-19-26-17-10-8-11-18-26)22-14-6-5-7-15-24-32-33-25-28(33)27-20-12-9-13-21-27/h5,8-14,16-21,24,28H,3-4,7,15,22-23,25H2,1-2H3/b19-16+,32-24+. The van der Waals surface area contributed by atoms with Gasteiger partial charge >= 0.3 is 11.9 Å². The first kappa shape index (κ1) is 27.7. The van der Waals surface area contributed by atoms with Crippen LogP contribution in [0.1, 0.15) is 56.7 Å². The summed E-state index contributed by atoms with van der Waals surface area (Å²) in [5, 5.41) is 6.58. The van der Waals surface area contributed by atoms with Crippen LogP contribution in [0.15, 0.2) is 89.7 Å². The monoisotopic (exact) mass is 500 g/mol. The van der Waals surface area contributed by atoms with Crippen molar-refractivity contribution in [3.8, 4) is 0 Å². The Kier molecular flexibility index (Phi) is 10.9. The zero-order valence-corrected chi connectivity index (χ0v) is 21.7. The highest BCUT2D eigenvalue weighted by atomic mass is 16.6. The van der Waals surface area contributed by atoms with Crippen molar-refractivity contribution in [1.82, 2.24) is 5.01 Å². The largest absolute Gasteiger partial charge is 0.465 e. The number of benzene rings is 2. The molecule has 0 aliphatic carbocycles. The van der Waals surface area contributed by atoms with Crippen molar-refractivity contribution in [3.05, 3.63) is 95.7 Å². The minimum atomic E-state index is -1.45. The SMILES string of the molecule is CCOC(=O)C(CC=C=CCC/C=N/N1CC1c1ccccc1)(C/C=C/c1ccccc1)C(=O)OCC. The number of allylic oxidation sites excluding steroid dienone is 2. The lowest BCUT2D eigenvalue weighted by atomic mass is 9.80. The predicted molar refractivity (Wildman–Crippen MR) is 147 cm³/mol. The van der Waals surface area contributed by atoms with Gasteiger partial charge in [-0.05, 0) is 62.8 Å². The summed E-state index contributed by atoms with van der Waals surface area (Å²) in [6.07, 6.45) is 11.1. The summed E-state index contributed by atoms with van der Waals surface area (Å²) in [5.41, 5.74) is 3.93. The Morgan fingerprint density at radius 1 is 0.946 bits per heavy atom. The van der Waals surface area contributed by atoms with Gasteiger partial charge in [0.15, 0.2) is 5.41 Å². The third kappa shape index (κ3) is 8.33. The molecular weight excluding hydrogens is 464 g/mol. The van der Waals surface area contributed by atoms with Crippen LogP contribution in [-0.4, -0.2) is 42.9 Å². The fourth-order valence-electron chi connectivity index (χ4n) is 3.93. The molecule has 6 nitrogen and oxygen atoms in total. The molecule has 1 atom stereocenters. The Bertz CT molecular complexity index is 1100. The smallest absolute Gasteiger partial charge is 0.324 e. The lowest BCUT2D eigenvalue weighted by Crippen LogP contribution is -2.41. The molecule has 6 heteroatoms. The Balaban J connectivity index is 1.59. The molecule has 1 aliphatic rings. The molecular formula is C31H36N2O4. The number of hydrogen-bond donors (Lipinski definition) is 0. The summed E-state index contributed by atoms with van der Waals surface area (Å²) in [6.45, 7) is 4.77. The number of nitrogens with zero attached hydrogens (tertiary/aromatic N) is 2. The Morgan fingerprint density at radius 3 is 2.24 bits per heavy atom. The van der Waals surface area contributed by atoms with Crippen LogP contribution in [-0.2, 0) is 19.1 Å². The minimum absolute atomic E-state index is 0.140. The summed E-state index contributed by atoms with van der Waals surface area (Å²) in [4.78, 5) is 26.0. The van der Waals surface area contributed by atoms with Crippen molar-refractivity contribution in [3.63, 3.8) is 0 Å². The van der Waals surface area contributed by atoms with Gasteiger partial charge in [-0.3, -0.25) is 14.6 Å². The van der Waals surface area contributed by atoms with Gasteiger partial charge in [0.1, 0.15) is 0 Å². The van der Waals surface area contributed by atoms with E-state index in [9.17, 15) is 9.59 Å². The molecule has 1 saturated heterocycles. The second kappa shape index (κ2) is 14.6. The minimum Gasteiger partial charge on any atom is -0.465 e. The summed E-state index contributed by atoms with van der Waals surface area (Å²) >= 11 is 0. The van der Waals surface area contributed by atoms with E-state index in [0.717, 1.165) is 24.9 Å². The number of hydrazone groups is 1. The molecule has 1 aliphatic heterocycles. The number of carbonyl (C=O) groups is 2. The van der Waals surface area contributed by atoms with Crippen LogP contribution < -0.4 is 0 Å². The Morgan fingerprint density at radius 2 is 1.59 bits per heavy atom. The van der Waals surface area contributed by atoms with Crippen LogP contribution >= 0.6 is 0 Å². The first-order valence-electron chi connectivity index (χ1n) is 12.9. The molecule has 3 rings (SSSR count). The second-order valence-corrected chi connectivity index (χ2v) is 8.74. The van der Waals surface area contributed by atoms with Gasteiger partial charge in [0.2, 0.25) is 0 Å². The maximum Gasteiger partial charge on any atom is 0.324 e. The van der Waals surface area contributed by atoms with E-state index < -0.39 is 17.4 Å². The molecule has 2 aromatic rings. The molecule has 0 bridgehead atoms. The molecule has 0 aromatic heterocycles. The van der Waals surface area contributed by atoms with Gasteiger partial charge < -0.3 is 9.47 Å². The highest BCUT2D eigenvalue weighted by Crippen LogP contribution is 2.34. The normalized spacial score (nSPS) is 14.9. The molecule has 0 N–H and O–H groups in total. The Labute approximate surface area is 220 Å². The third-order valence-corrected chi connectivity index (χ3v) is 6.04. The molecule has 0 saturated carbocycles. The van der Waals surface area contributed by atoms with Crippen molar-refractivity contribution >= 4 is 24.2 Å². The Hall–Kier alpha value is -3.89. The molecule has 2 aromatic carbocycles. The zero-order chi connectivity index (χ0) is 26.3. The van der Waals surface area contributed by atoms with E-state index in [1.165, 1.54) is 5.56 Å². The molecule has 37 heavy (non-hydrogen) atoms. The van der Waals surface area contributed by atoms with Crippen LogP contribution in [0.3, 0.4) is 0 Å². The van der Waals surface area contributed by atoms with E-state index in [1.807, 2.05) is 73.0 Å². The first-order chi connectivity index (χ1) is 18.1. The van der Waals surface area contributed by atoms with Crippen molar-refractivity contribution in [2.75, 3.05) is 19.8 Å². The molecule has 0 radical (unpaired) electrons. The summed E-state index contributed by atoms with van der Waals surface area (Å²) in [7, 11) is 0. The van der Waals surface area contributed by atoms with Crippen LogP contribution in [0.2, 0.25) is 0 Å². The third-order valence-electron chi connectivity index (χ3n) is 6.04. The molecule has 1 fully saturated rings. The number of esters is 2. The van der Waals surface area contributed by atoms with Crippen molar-refractivity contribution in [2.45, 2.75) is 45.6 Å². The number of rotatable bonds is 14. The highest BCUT2D eigenvalue weighted by molar-refractivity contribution is 6.00. The maximum absolute atomic E-state index is 13.0. The van der Waals surface area contributed by atoms with Crippen molar-refractivity contribution in [2.24, 2.45) is 10.5 Å². The van der Waals surface area contributed by atoms with Crippen LogP contribution in [0.25, 0.3) is 6.08 Å². The van der Waals surface area contributed by atoms with Gasteiger partial charge in [-0.15, -0.1) is 5.73 Å². The van der Waals surface area contributed by atoms with Crippen molar-refractivity contribution in [1.29, 1.82) is 0 Å². The average molecular weight is 501 g/mol. The molecule has 0 amide bonds. The van der Waals surface area contributed by atoms with E-state index in [-0.39, 0.29) is 26.1 Å². The fourth-order valence-corrected chi connectivity index (χ4v) is 3.93. The van der Waals surface area contributed by atoms with Crippen molar-refractivity contribution < 1.29 is 19.1 Å². The zero-order valence-electron chi connectivity index (χ0n) is 21.7. The lowest BCUT2D eigenvalue weighted by molar-refractivity contribution is -0.171. The topological polar surface area (TPSA) is 68.0 Å². The van der Waals surface area contributed by atoms with Gasteiger partial charge in [-0.25, -0.2) is 0 Å². The second-order valence-electron chi connectivity index (χ2n) is 8.74. The molecule has 1 unspecified atom stereocenters. The number of carbonyl (C=O) groups excluding carboxylic acids is 2. The van der Waals surface area contributed by atoms with Crippen LogP contribution in [0.5, 0.6) is 0 Å². The fraction of sp³-hybridized carbons (Fsp3) is 0.355. The summed E-state index contributed by atoms with van der Waals surface area (Å²) in [5.74, 6) is -1.16. The molecule has 0 spiro atoms. The van der Waals surface area contributed by atoms with E-state index >= 15 is 0 Å². The van der Waals surface area contributed by atoms with E-state index in [1.54, 1.807) is 19.9 Å². The highest BCUT2D eigenvalue weighted by Gasteiger charge is 2.47. The van der Waals surface area contributed by atoms with Gasteiger partial charge in [-0.2, -0.15) is 5.10 Å². The molecule has 194 valence electrons.